The Morgan fingerprint density at radius 2 is 0.705 bits per heavy atom. The predicted octanol–water partition coefficient (Wildman–Crippen LogP) is 16.6. The number of allylic oxidation sites excluding steroid dienone is 18. The Morgan fingerprint density at radius 1 is 0.393 bits per heavy atom. The number of hydrogen-bond donors (Lipinski definition) is 1. The normalized spacial score (nSPS) is 13.2. The average Bonchev–Trinajstić information content (AvgIpc) is 3.26. The van der Waals surface area contributed by atoms with E-state index in [-0.39, 0.29) is 25.2 Å². The van der Waals surface area contributed by atoms with Gasteiger partial charge in [-0.3, -0.25) is 9.59 Å². The van der Waals surface area contributed by atoms with Crippen molar-refractivity contribution in [2.75, 3.05) is 13.2 Å². The molecule has 0 amide bonds. The van der Waals surface area contributed by atoms with Crippen LogP contribution in [0.4, 0.5) is 0 Å². The Kier molecular flexibility index (Phi) is 48.0. The van der Waals surface area contributed by atoms with E-state index >= 15 is 0 Å². The third-order valence-electron chi connectivity index (χ3n) is 10.3. The molecule has 0 radical (unpaired) electrons. The number of esters is 2. The molecule has 0 aliphatic heterocycles. The first kappa shape index (κ1) is 57.6. The van der Waals surface area contributed by atoms with Crippen LogP contribution in [0.2, 0.25) is 0 Å². The second-order valence-corrected chi connectivity index (χ2v) is 16.2. The molecule has 1 atom stereocenters. The van der Waals surface area contributed by atoms with E-state index < -0.39 is 6.10 Å². The van der Waals surface area contributed by atoms with Crippen molar-refractivity contribution in [3.63, 3.8) is 0 Å². The summed E-state index contributed by atoms with van der Waals surface area (Å²) in [6.07, 6.45) is 73.2. The molecule has 61 heavy (non-hydrogen) atoms. The molecule has 346 valence electrons. The Bertz CT molecular complexity index is 1230. The van der Waals surface area contributed by atoms with E-state index in [0.717, 1.165) is 96.3 Å². The van der Waals surface area contributed by atoms with Crippen molar-refractivity contribution < 1.29 is 24.2 Å². The van der Waals surface area contributed by atoms with Crippen molar-refractivity contribution >= 4 is 11.9 Å². The average molecular weight is 845 g/mol. The Labute approximate surface area is 376 Å². The van der Waals surface area contributed by atoms with Crippen LogP contribution in [-0.4, -0.2) is 36.4 Å². The van der Waals surface area contributed by atoms with Crippen LogP contribution in [-0.2, 0) is 19.1 Å². The number of carbonyl (C=O) groups is 2. The first-order valence-corrected chi connectivity index (χ1v) is 24.9. The second-order valence-electron chi connectivity index (χ2n) is 16.2. The Balaban J connectivity index is 3.58. The van der Waals surface area contributed by atoms with Gasteiger partial charge >= 0.3 is 11.9 Å². The van der Waals surface area contributed by atoms with Crippen molar-refractivity contribution in [2.24, 2.45) is 0 Å². The third kappa shape index (κ3) is 49.1. The predicted molar refractivity (Wildman–Crippen MR) is 265 cm³/mol. The molecule has 1 unspecified atom stereocenters. The lowest BCUT2D eigenvalue weighted by Crippen LogP contribution is -2.28. The van der Waals surface area contributed by atoms with Gasteiger partial charge in [0.15, 0.2) is 6.10 Å². The highest BCUT2D eigenvalue weighted by Gasteiger charge is 2.16. The van der Waals surface area contributed by atoms with Crippen LogP contribution < -0.4 is 0 Å². The summed E-state index contributed by atoms with van der Waals surface area (Å²) >= 11 is 0. The molecule has 0 saturated carbocycles. The molecule has 0 fully saturated rings. The van der Waals surface area contributed by atoms with Gasteiger partial charge in [-0.05, 0) is 103 Å². The highest BCUT2D eigenvalue weighted by atomic mass is 16.6. The van der Waals surface area contributed by atoms with Crippen LogP contribution in [0.3, 0.4) is 0 Å². The van der Waals surface area contributed by atoms with Crippen LogP contribution in [0.1, 0.15) is 213 Å². The lowest BCUT2D eigenvalue weighted by molar-refractivity contribution is -0.161. The zero-order valence-electron chi connectivity index (χ0n) is 39.4. The minimum absolute atomic E-state index is 0.0766. The maximum atomic E-state index is 12.2. The summed E-state index contributed by atoms with van der Waals surface area (Å²) in [5.74, 6) is -0.612. The smallest absolute Gasteiger partial charge is 0.306 e. The molecule has 0 aliphatic rings. The molecule has 0 heterocycles. The molecular formula is C56H92O5. The fourth-order valence-corrected chi connectivity index (χ4v) is 6.56. The van der Waals surface area contributed by atoms with E-state index in [2.05, 4.69) is 123 Å². The molecule has 5 heteroatoms. The molecule has 0 rings (SSSR count). The molecule has 0 saturated heterocycles. The minimum atomic E-state index is -0.783. The summed E-state index contributed by atoms with van der Waals surface area (Å²) in [6, 6.07) is 0. The summed E-state index contributed by atoms with van der Waals surface area (Å²) in [7, 11) is 0. The van der Waals surface area contributed by atoms with Gasteiger partial charge in [-0.15, -0.1) is 0 Å². The number of hydrogen-bond acceptors (Lipinski definition) is 5. The number of carbonyl (C=O) groups excluding carboxylic acids is 2. The van der Waals surface area contributed by atoms with Gasteiger partial charge in [0, 0.05) is 12.8 Å². The molecule has 0 bridgehead atoms. The van der Waals surface area contributed by atoms with Crippen LogP contribution in [0, 0.1) is 0 Å². The van der Waals surface area contributed by atoms with Crippen LogP contribution in [0.15, 0.2) is 109 Å². The molecule has 0 aromatic rings. The fraction of sp³-hybridized carbons (Fsp3) is 0.643. The highest BCUT2D eigenvalue weighted by molar-refractivity contribution is 5.70. The van der Waals surface area contributed by atoms with Crippen molar-refractivity contribution in [1.82, 2.24) is 0 Å². The number of ether oxygens (including phenoxy) is 2. The van der Waals surface area contributed by atoms with E-state index in [9.17, 15) is 14.7 Å². The Morgan fingerprint density at radius 3 is 1.08 bits per heavy atom. The second kappa shape index (κ2) is 50.9. The summed E-state index contributed by atoms with van der Waals surface area (Å²) < 4.78 is 10.6. The SMILES string of the molecule is CC/C=C\C/C=C\C/C=C\C/C=C\C/C=C\C/C=C\C/C=C\C/C=C\CCCCCCCCCCCCC(=O)OC(CO)COC(=O)CCCCCCC/C=C\CCCCC. The molecule has 1 N–H and O–H groups in total. The van der Waals surface area contributed by atoms with Gasteiger partial charge in [0.25, 0.3) is 0 Å². The lowest BCUT2D eigenvalue weighted by Gasteiger charge is -2.15. The number of unbranched alkanes of at least 4 members (excludes halogenated alkanes) is 18. The maximum absolute atomic E-state index is 12.2. The van der Waals surface area contributed by atoms with Gasteiger partial charge in [-0.2, -0.15) is 0 Å². The topological polar surface area (TPSA) is 72.8 Å². The van der Waals surface area contributed by atoms with Crippen LogP contribution in [0.25, 0.3) is 0 Å². The third-order valence-corrected chi connectivity index (χ3v) is 10.3. The van der Waals surface area contributed by atoms with E-state index in [0.29, 0.717) is 12.8 Å². The van der Waals surface area contributed by atoms with Gasteiger partial charge in [0.2, 0.25) is 0 Å². The highest BCUT2D eigenvalue weighted by Crippen LogP contribution is 2.14. The minimum Gasteiger partial charge on any atom is -0.462 e. The van der Waals surface area contributed by atoms with Crippen molar-refractivity contribution in [2.45, 2.75) is 219 Å². The molecular weight excluding hydrogens is 753 g/mol. The van der Waals surface area contributed by atoms with Gasteiger partial charge in [-0.25, -0.2) is 0 Å². The summed E-state index contributed by atoms with van der Waals surface area (Å²) in [5, 5.41) is 9.59. The van der Waals surface area contributed by atoms with E-state index in [1.54, 1.807) is 0 Å². The lowest BCUT2D eigenvalue weighted by atomic mass is 10.0. The Hall–Kier alpha value is -3.44. The molecule has 5 nitrogen and oxygen atoms in total. The standard InChI is InChI=1S/C56H92O5/c1-3-5-7-9-11-13-15-17-18-19-20-21-22-23-24-25-26-27-28-29-30-31-32-33-34-35-36-37-38-39-41-43-45-47-49-51-56(59)61-54(52-57)53-60-55(58)50-48-46-44-42-40-16-14-12-10-8-6-4-2/h5,7,11-14,17-18,20-21,23-24,26-27,29-30,32-33,54,57H,3-4,6,8-10,15-16,19,22,25,28,31,34-53H2,1-2H3/b7-5-,13-11-,14-12-,18-17-,21-20-,24-23-,27-26-,30-29-,33-32-. The molecule has 0 spiro atoms. The monoisotopic (exact) mass is 845 g/mol. The first-order valence-electron chi connectivity index (χ1n) is 24.9. The summed E-state index contributed by atoms with van der Waals surface area (Å²) in [6.45, 7) is 3.98. The molecule has 0 aromatic heterocycles. The van der Waals surface area contributed by atoms with Crippen LogP contribution in [0.5, 0.6) is 0 Å². The molecule has 0 aliphatic carbocycles. The van der Waals surface area contributed by atoms with Crippen molar-refractivity contribution in [1.29, 1.82) is 0 Å². The number of aliphatic hydroxyl groups is 1. The number of rotatable bonds is 44. The largest absolute Gasteiger partial charge is 0.462 e. The van der Waals surface area contributed by atoms with Gasteiger partial charge < -0.3 is 14.6 Å². The van der Waals surface area contributed by atoms with Crippen molar-refractivity contribution in [3.05, 3.63) is 109 Å². The van der Waals surface area contributed by atoms with Gasteiger partial charge in [-0.1, -0.05) is 207 Å². The van der Waals surface area contributed by atoms with Gasteiger partial charge in [0.05, 0.1) is 6.61 Å². The number of aliphatic hydroxyl groups excluding tert-OH is 1. The van der Waals surface area contributed by atoms with E-state index in [1.165, 1.54) is 89.9 Å². The molecule has 0 aromatic carbocycles. The summed E-state index contributed by atoms with van der Waals surface area (Å²) in [4.78, 5) is 24.3. The van der Waals surface area contributed by atoms with Crippen molar-refractivity contribution in [3.8, 4) is 0 Å². The first-order chi connectivity index (χ1) is 30.1. The zero-order valence-corrected chi connectivity index (χ0v) is 39.4. The maximum Gasteiger partial charge on any atom is 0.306 e. The van der Waals surface area contributed by atoms with E-state index in [1.807, 2.05) is 0 Å². The van der Waals surface area contributed by atoms with Crippen LogP contribution >= 0.6 is 0 Å². The summed E-state index contributed by atoms with van der Waals surface area (Å²) in [5.41, 5.74) is 0. The zero-order chi connectivity index (χ0) is 44.2. The van der Waals surface area contributed by atoms with Gasteiger partial charge in [0.1, 0.15) is 6.61 Å². The fourth-order valence-electron chi connectivity index (χ4n) is 6.56. The quantitative estimate of drug-likeness (QED) is 0.0376. The van der Waals surface area contributed by atoms with E-state index in [4.69, 9.17) is 9.47 Å².